The lowest BCUT2D eigenvalue weighted by Gasteiger charge is -2.25. The van der Waals surface area contributed by atoms with E-state index in [1.165, 1.54) is 0 Å². The molecule has 0 fully saturated rings. The zero-order chi connectivity index (χ0) is 11.4. The Morgan fingerprint density at radius 3 is 2.87 bits per heavy atom. The predicted molar refractivity (Wildman–Crippen MR) is 65.7 cm³/mol. The summed E-state index contributed by atoms with van der Waals surface area (Å²) in [5.41, 5.74) is 2.44. The van der Waals surface area contributed by atoms with Gasteiger partial charge >= 0.3 is 0 Å². The van der Waals surface area contributed by atoms with E-state index in [-0.39, 0.29) is 0 Å². The van der Waals surface area contributed by atoms with Crippen LogP contribution in [0.2, 0.25) is 0 Å². The van der Waals surface area contributed by atoms with Gasteiger partial charge in [0.05, 0.1) is 4.47 Å². The highest BCUT2D eigenvalue weighted by Crippen LogP contribution is 2.25. The summed E-state index contributed by atoms with van der Waals surface area (Å²) in [6.07, 6.45) is 2.74. The molecule has 15 heavy (non-hydrogen) atoms. The van der Waals surface area contributed by atoms with Crippen LogP contribution in [0.25, 0.3) is 0 Å². The van der Waals surface area contributed by atoms with Crippen molar-refractivity contribution in [1.82, 2.24) is 9.97 Å². The number of anilines is 2. The number of nitrogens with two attached hydrogens (primary N) is 1. The number of hydrogen-bond donors (Lipinski definition) is 2. The van der Waals surface area contributed by atoms with Gasteiger partial charge in [-0.3, -0.25) is 5.43 Å². The molecule has 0 saturated heterocycles. The van der Waals surface area contributed by atoms with Gasteiger partial charge in [0.25, 0.3) is 0 Å². The molecule has 1 aromatic rings. The van der Waals surface area contributed by atoms with Gasteiger partial charge in [-0.15, -0.1) is 0 Å². The fourth-order valence-electron chi connectivity index (χ4n) is 1.16. The highest BCUT2D eigenvalue weighted by atomic mass is 79.9. The second-order valence-corrected chi connectivity index (χ2v) is 4.23. The molecule has 0 saturated carbocycles. The van der Waals surface area contributed by atoms with Crippen molar-refractivity contribution in [1.29, 1.82) is 0 Å². The largest absolute Gasteiger partial charge is 0.356 e. The maximum Gasteiger partial charge on any atom is 0.239 e. The van der Waals surface area contributed by atoms with Crippen molar-refractivity contribution in [3.05, 3.63) is 10.7 Å². The van der Waals surface area contributed by atoms with Crippen LogP contribution < -0.4 is 16.2 Å². The van der Waals surface area contributed by atoms with Gasteiger partial charge in [0.1, 0.15) is 5.82 Å². The first-order valence-electron chi connectivity index (χ1n) is 4.82. The maximum atomic E-state index is 5.27. The molecule has 0 aliphatic rings. The number of nitrogen functional groups attached to an aromatic ring is 1. The molecule has 0 aliphatic heterocycles. The van der Waals surface area contributed by atoms with Crippen molar-refractivity contribution in [3.63, 3.8) is 0 Å². The van der Waals surface area contributed by atoms with E-state index in [2.05, 4.69) is 50.1 Å². The van der Waals surface area contributed by atoms with Gasteiger partial charge in [-0.25, -0.2) is 10.8 Å². The van der Waals surface area contributed by atoms with E-state index in [9.17, 15) is 0 Å². The quantitative estimate of drug-likeness (QED) is 0.647. The van der Waals surface area contributed by atoms with Gasteiger partial charge in [-0.1, -0.05) is 6.92 Å². The summed E-state index contributed by atoms with van der Waals surface area (Å²) < 4.78 is 0.865. The summed E-state index contributed by atoms with van der Waals surface area (Å²) in [5.74, 6) is 6.53. The Hall–Kier alpha value is -0.880. The van der Waals surface area contributed by atoms with Gasteiger partial charge in [-0.05, 0) is 29.3 Å². The van der Waals surface area contributed by atoms with Crippen molar-refractivity contribution in [2.24, 2.45) is 5.84 Å². The number of hydrogen-bond acceptors (Lipinski definition) is 5. The van der Waals surface area contributed by atoms with E-state index in [1.807, 2.05) is 7.05 Å². The van der Waals surface area contributed by atoms with Gasteiger partial charge < -0.3 is 4.90 Å². The monoisotopic (exact) mass is 273 g/mol. The van der Waals surface area contributed by atoms with Crippen molar-refractivity contribution in [2.45, 2.75) is 26.3 Å². The molecule has 3 N–H and O–H groups in total. The van der Waals surface area contributed by atoms with Crippen LogP contribution in [-0.2, 0) is 0 Å². The Labute approximate surface area is 98.2 Å². The Bertz CT molecular complexity index is 330. The van der Waals surface area contributed by atoms with E-state index in [0.29, 0.717) is 12.0 Å². The van der Waals surface area contributed by atoms with E-state index in [0.717, 1.165) is 16.7 Å². The summed E-state index contributed by atoms with van der Waals surface area (Å²) in [5, 5.41) is 0. The number of nitrogens with one attached hydrogen (secondary N) is 1. The lowest BCUT2D eigenvalue weighted by atomic mass is 10.2. The molecule has 84 valence electrons. The van der Waals surface area contributed by atoms with Crippen LogP contribution in [0.3, 0.4) is 0 Å². The van der Waals surface area contributed by atoms with E-state index in [4.69, 9.17) is 5.84 Å². The minimum Gasteiger partial charge on any atom is -0.356 e. The molecule has 1 atom stereocenters. The molecule has 1 aromatic heterocycles. The summed E-state index contributed by atoms with van der Waals surface area (Å²) in [4.78, 5) is 10.4. The molecule has 0 bridgehead atoms. The summed E-state index contributed by atoms with van der Waals surface area (Å²) in [6, 6.07) is 0.418. The highest BCUT2D eigenvalue weighted by molar-refractivity contribution is 9.10. The predicted octanol–water partition coefficient (Wildman–Crippen LogP) is 1.76. The number of halogens is 1. The Kier molecular flexibility index (Phi) is 4.28. The van der Waals surface area contributed by atoms with E-state index < -0.39 is 0 Å². The summed E-state index contributed by atoms with van der Waals surface area (Å²) in [7, 11) is 2.00. The van der Waals surface area contributed by atoms with Gasteiger partial charge in [0.2, 0.25) is 5.95 Å². The standard InChI is InChI=1S/C9H16BrN5/c1-4-6(2)15(3)8-7(10)5-12-9(13-8)14-11/h5-6H,4,11H2,1-3H3,(H,12,13,14). The molecule has 1 rings (SSSR count). The topological polar surface area (TPSA) is 67.1 Å². The molecule has 1 unspecified atom stereocenters. The number of rotatable bonds is 4. The molecule has 0 amide bonds. The third-order valence-electron chi connectivity index (χ3n) is 2.44. The zero-order valence-corrected chi connectivity index (χ0v) is 10.7. The molecule has 0 spiro atoms. The second-order valence-electron chi connectivity index (χ2n) is 3.38. The average molecular weight is 274 g/mol. The van der Waals surface area contributed by atoms with Crippen LogP contribution in [0.4, 0.5) is 11.8 Å². The van der Waals surface area contributed by atoms with Crippen molar-refractivity contribution in [2.75, 3.05) is 17.4 Å². The first kappa shape index (κ1) is 12.2. The van der Waals surface area contributed by atoms with Crippen LogP contribution in [0, 0.1) is 0 Å². The van der Waals surface area contributed by atoms with Crippen molar-refractivity contribution < 1.29 is 0 Å². The number of nitrogens with zero attached hydrogens (tertiary/aromatic N) is 3. The molecule has 0 aromatic carbocycles. The third kappa shape index (κ3) is 2.79. The minimum atomic E-state index is 0.418. The van der Waals surface area contributed by atoms with E-state index in [1.54, 1.807) is 6.20 Å². The first-order valence-corrected chi connectivity index (χ1v) is 5.61. The fraction of sp³-hybridized carbons (Fsp3) is 0.556. The third-order valence-corrected chi connectivity index (χ3v) is 3.00. The number of hydrazine groups is 1. The lowest BCUT2D eigenvalue weighted by molar-refractivity contribution is 0.655. The maximum absolute atomic E-state index is 5.27. The van der Waals surface area contributed by atoms with Crippen molar-refractivity contribution >= 4 is 27.7 Å². The summed E-state index contributed by atoms with van der Waals surface area (Å²) in [6.45, 7) is 4.28. The Balaban J connectivity index is 3.01. The molecule has 0 aliphatic carbocycles. The zero-order valence-electron chi connectivity index (χ0n) is 9.16. The van der Waals surface area contributed by atoms with Crippen molar-refractivity contribution in [3.8, 4) is 0 Å². The molecular weight excluding hydrogens is 258 g/mol. The van der Waals surface area contributed by atoms with E-state index >= 15 is 0 Å². The van der Waals surface area contributed by atoms with Crippen LogP contribution in [0.1, 0.15) is 20.3 Å². The molecule has 6 heteroatoms. The van der Waals surface area contributed by atoms with Gasteiger partial charge in [-0.2, -0.15) is 4.98 Å². The molecule has 0 radical (unpaired) electrons. The Morgan fingerprint density at radius 2 is 2.33 bits per heavy atom. The SMILES string of the molecule is CCC(C)N(C)c1nc(NN)ncc1Br. The summed E-state index contributed by atoms with van der Waals surface area (Å²) >= 11 is 3.42. The smallest absolute Gasteiger partial charge is 0.239 e. The minimum absolute atomic E-state index is 0.418. The lowest BCUT2D eigenvalue weighted by Crippen LogP contribution is -2.29. The highest BCUT2D eigenvalue weighted by Gasteiger charge is 2.13. The first-order chi connectivity index (χ1) is 7.10. The van der Waals surface area contributed by atoms with Gasteiger partial charge in [0, 0.05) is 19.3 Å². The number of aromatic nitrogens is 2. The molecule has 1 heterocycles. The normalized spacial score (nSPS) is 12.3. The molecular formula is C9H16BrN5. The fourth-order valence-corrected chi connectivity index (χ4v) is 1.63. The molecule has 5 nitrogen and oxygen atoms in total. The van der Waals surface area contributed by atoms with Crippen LogP contribution >= 0.6 is 15.9 Å². The van der Waals surface area contributed by atoms with Gasteiger partial charge in [0.15, 0.2) is 0 Å². The van der Waals surface area contributed by atoms with Crippen LogP contribution in [-0.4, -0.2) is 23.1 Å². The second kappa shape index (κ2) is 5.27. The van der Waals surface area contributed by atoms with Crippen LogP contribution in [0.15, 0.2) is 10.7 Å². The van der Waals surface area contributed by atoms with Crippen LogP contribution in [0.5, 0.6) is 0 Å². The average Bonchev–Trinajstić information content (AvgIpc) is 2.27. The Morgan fingerprint density at radius 1 is 1.67 bits per heavy atom.